The summed E-state index contributed by atoms with van der Waals surface area (Å²) in [6.07, 6.45) is 3.64. The van der Waals surface area contributed by atoms with Crippen molar-refractivity contribution in [3.8, 4) is 16.6 Å². The number of ether oxygens (including phenoxy) is 2. The number of methoxy groups -OCH3 is 2. The molecule has 1 N–H and O–H groups in total. The fourth-order valence-electron chi connectivity index (χ4n) is 4.62. The fraction of sp³-hybridized carbons (Fsp3) is 0.240. The van der Waals surface area contributed by atoms with E-state index in [1.807, 2.05) is 54.2 Å². The molecule has 4 aromatic rings. The van der Waals surface area contributed by atoms with E-state index in [0.717, 1.165) is 39.2 Å². The number of rotatable bonds is 6. The maximum absolute atomic E-state index is 5.89. The first kappa shape index (κ1) is 22.4. The Morgan fingerprint density at radius 3 is 2.56 bits per heavy atom. The molecule has 0 bridgehead atoms. The number of thiocarbonyl (C=S) groups is 1. The summed E-state index contributed by atoms with van der Waals surface area (Å²) in [6.45, 7) is 4.23. The second kappa shape index (κ2) is 9.08. The lowest BCUT2D eigenvalue weighted by atomic mass is 9.96. The van der Waals surface area contributed by atoms with Crippen molar-refractivity contribution in [2.24, 2.45) is 0 Å². The summed E-state index contributed by atoms with van der Waals surface area (Å²) >= 11 is 7.51. The Labute approximate surface area is 208 Å². The Balaban J connectivity index is 1.70. The molecule has 4 heterocycles. The molecule has 34 heavy (non-hydrogen) atoms. The summed E-state index contributed by atoms with van der Waals surface area (Å²) in [6, 6.07) is 13.7. The molecular weight excluding hydrogens is 466 g/mol. The lowest BCUT2D eigenvalue weighted by Crippen LogP contribution is -2.30. The van der Waals surface area contributed by atoms with Crippen LogP contribution in [0, 0.1) is 13.8 Å². The van der Waals surface area contributed by atoms with Gasteiger partial charge in [-0.2, -0.15) is 0 Å². The van der Waals surface area contributed by atoms with Crippen molar-refractivity contribution in [3.63, 3.8) is 0 Å². The zero-order chi connectivity index (χ0) is 23.8. The van der Waals surface area contributed by atoms with Crippen LogP contribution in [0.1, 0.15) is 34.7 Å². The highest BCUT2D eigenvalue weighted by atomic mass is 32.1. The zero-order valence-corrected chi connectivity index (χ0v) is 21.0. The number of pyridine rings is 1. The van der Waals surface area contributed by atoms with Crippen LogP contribution in [-0.4, -0.2) is 33.9 Å². The van der Waals surface area contributed by atoms with Crippen molar-refractivity contribution in [2.75, 3.05) is 19.1 Å². The molecule has 2 unspecified atom stereocenters. The van der Waals surface area contributed by atoms with E-state index in [-0.39, 0.29) is 12.1 Å². The van der Waals surface area contributed by atoms with Gasteiger partial charge in [-0.3, -0.25) is 9.55 Å². The number of nitrogens with zero attached hydrogens (tertiary/aromatic N) is 4. The predicted molar refractivity (Wildman–Crippen MR) is 138 cm³/mol. The molecule has 1 aliphatic heterocycles. The smallest absolute Gasteiger partial charge is 0.193 e. The summed E-state index contributed by atoms with van der Waals surface area (Å²) in [5.41, 5.74) is 5.16. The average Bonchev–Trinajstić information content (AvgIpc) is 3.57. The number of aryl methyl sites for hydroxylation is 1. The van der Waals surface area contributed by atoms with Gasteiger partial charge in [0.15, 0.2) is 10.2 Å². The highest BCUT2D eigenvalue weighted by molar-refractivity contribution is 7.80. The second-order valence-corrected chi connectivity index (χ2v) is 9.27. The quantitative estimate of drug-likeness (QED) is 0.375. The first-order valence-corrected chi connectivity index (χ1v) is 12.1. The molecule has 174 valence electrons. The van der Waals surface area contributed by atoms with E-state index in [1.54, 1.807) is 25.6 Å². The minimum Gasteiger partial charge on any atom is -0.497 e. The number of benzene rings is 1. The topological polar surface area (TPSA) is 64.4 Å². The van der Waals surface area contributed by atoms with Gasteiger partial charge in [-0.05, 0) is 62.0 Å². The third kappa shape index (κ3) is 3.70. The van der Waals surface area contributed by atoms with E-state index in [4.69, 9.17) is 21.7 Å². The van der Waals surface area contributed by atoms with E-state index in [1.165, 1.54) is 0 Å². The van der Waals surface area contributed by atoms with Crippen molar-refractivity contribution < 1.29 is 9.47 Å². The Bertz CT molecular complexity index is 1320. The van der Waals surface area contributed by atoms with E-state index in [0.29, 0.717) is 10.9 Å². The van der Waals surface area contributed by atoms with E-state index >= 15 is 0 Å². The van der Waals surface area contributed by atoms with Gasteiger partial charge in [0, 0.05) is 35.2 Å². The summed E-state index contributed by atoms with van der Waals surface area (Å²) in [4.78, 5) is 11.3. The van der Waals surface area contributed by atoms with Gasteiger partial charge in [0.05, 0.1) is 37.7 Å². The van der Waals surface area contributed by atoms with Gasteiger partial charge in [-0.15, -0.1) is 11.3 Å². The maximum Gasteiger partial charge on any atom is 0.193 e. The molecule has 5 rings (SSSR count). The Morgan fingerprint density at radius 1 is 1.03 bits per heavy atom. The molecular formula is C25H25N5O2S2. The van der Waals surface area contributed by atoms with Gasteiger partial charge in [0.1, 0.15) is 11.5 Å². The van der Waals surface area contributed by atoms with Crippen molar-refractivity contribution >= 4 is 34.4 Å². The number of nitrogens with one attached hydrogen (secondary N) is 1. The highest BCUT2D eigenvalue weighted by Gasteiger charge is 2.43. The highest BCUT2D eigenvalue weighted by Crippen LogP contribution is 2.46. The number of hydrogen-bond donors (Lipinski definition) is 1. The van der Waals surface area contributed by atoms with Crippen LogP contribution in [0.3, 0.4) is 0 Å². The number of hydrogen-bond acceptors (Lipinski definition) is 6. The molecule has 1 aromatic carbocycles. The molecule has 0 spiro atoms. The van der Waals surface area contributed by atoms with E-state index in [9.17, 15) is 0 Å². The largest absolute Gasteiger partial charge is 0.497 e. The first-order valence-electron chi connectivity index (χ1n) is 10.8. The van der Waals surface area contributed by atoms with Crippen LogP contribution in [0.25, 0.3) is 5.13 Å². The molecule has 0 aliphatic carbocycles. The minimum atomic E-state index is -0.149. The van der Waals surface area contributed by atoms with Crippen molar-refractivity contribution in [1.29, 1.82) is 0 Å². The van der Waals surface area contributed by atoms with Gasteiger partial charge in [0.25, 0.3) is 0 Å². The second-order valence-electron chi connectivity index (χ2n) is 8.01. The number of anilines is 1. The van der Waals surface area contributed by atoms with Crippen LogP contribution in [-0.2, 0) is 0 Å². The van der Waals surface area contributed by atoms with E-state index < -0.39 is 0 Å². The summed E-state index contributed by atoms with van der Waals surface area (Å²) < 4.78 is 13.4. The Kier molecular flexibility index (Phi) is 5.97. The van der Waals surface area contributed by atoms with Gasteiger partial charge in [-0.1, -0.05) is 6.07 Å². The monoisotopic (exact) mass is 491 g/mol. The Hall–Kier alpha value is -3.43. The molecule has 0 amide bonds. The SMILES string of the molecule is COc1ccc(N2C(=S)NC(c3ccccn3)C2c2cc(C)n(-c3nccs3)c2C)c(OC)c1. The van der Waals surface area contributed by atoms with Crippen LogP contribution in [0.2, 0.25) is 0 Å². The molecule has 3 aromatic heterocycles. The molecule has 0 saturated carbocycles. The molecule has 0 radical (unpaired) electrons. The maximum atomic E-state index is 5.89. The van der Waals surface area contributed by atoms with Gasteiger partial charge in [-0.25, -0.2) is 4.98 Å². The van der Waals surface area contributed by atoms with Crippen molar-refractivity contribution in [2.45, 2.75) is 25.9 Å². The van der Waals surface area contributed by atoms with Crippen molar-refractivity contribution in [1.82, 2.24) is 19.9 Å². The van der Waals surface area contributed by atoms with Crippen LogP contribution in [0.4, 0.5) is 5.69 Å². The lowest BCUT2D eigenvalue weighted by molar-refractivity contribution is 0.394. The summed E-state index contributed by atoms with van der Waals surface area (Å²) in [5, 5.41) is 7.07. The van der Waals surface area contributed by atoms with Crippen LogP contribution < -0.4 is 19.7 Å². The predicted octanol–water partition coefficient (Wildman–Crippen LogP) is 5.14. The van der Waals surface area contributed by atoms with Crippen LogP contribution in [0.15, 0.2) is 60.2 Å². The van der Waals surface area contributed by atoms with Crippen LogP contribution in [0.5, 0.6) is 11.5 Å². The molecule has 1 saturated heterocycles. The normalized spacial score (nSPS) is 17.6. The van der Waals surface area contributed by atoms with Crippen molar-refractivity contribution in [3.05, 3.63) is 82.9 Å². The van der Waals surface area contributed by atoms with E-state index in [2.05, 4.69) is 44.7 Å². The lowest BCUT2D eigenvalue weighted by Gasteiger charge is -2.29. The van der Waals surface area contributed by atoms with Crippen LogP contribution >= 0.6 is 23.6 Å². The first-order chi connectivity index (χ1) is 16.5. The molecule has 9 heteroatoms. The third-order valence-corrected chi connectivity index (χ3v) is 7.22. The number of aromatic nitrogens is 3. The van der Waals surface area contributed by atoms with Gasteiger partial charge in [0.2, 0.25) is 0 Å². The Morgan fingerprint density at radius 2 is 1.88 bits per heavy atom. The van der Waals surface area contributed by atoms with Gasteiger partial charge < -0.3 is 19.7 Å². The molecule has 1 aliphatic rings. The molecule has 7 nitrogen and oxygen atoms in total. The zero-order valence-electron chi connectivity index (χ0n) is 19.4. The third-order valence-electron chi connectivity index (χ3n) is 6.14. The minimum absolute atomic E-state index is 0.147. The molecule has 1 fully saturated rings. The van der Waals surface area contributed by atoms with Gasteiger partial charge >= 0.3 is 0 Å². The summed E-state index contributed by atoms with van der Waals surface area (Å²) in [5.74, 6) is 1.40. The molecule has 2 atom stereocenters. The summed E-state index contributed by atoms with van der Waals surface area (Å²) in [7, 11) is 3.30. The standard InChI is InChI=1S/C25H25N5O2S2/c1-15-13-18(16(2)29(15)25-27-11-12-34-25)23-22(19-7-5-6-10-26-19)28-24(33)30(23)20-9-8-17(31-3)14-21(20)32-4/h5-14,22-23H,1-4H3,(H,28,33). The number of thiazole rings is 1. The fourth-order valence-corrected chi connectivity index (χ4v) is 5.71. The average molecular weight is 492 g/mol.